The van der Waals surface area contributed by atoms with Crippen molar-refractivity contribution >= 4 is 40.7 Å². The Balaban J connectivity index is 1.39. The van der Waals surface area contributed by atoms with Gasteiger partial charge in [-0.05, 0) is 51.5 Å². The van der Waals surface area contributed by atoms with Crippen molar-refractivity contribution in [2.75, 3.05) is 17.6 Å². The van der Waals surface area contributed by atoms with Crippen molar-refractivity contribution in [3.8, 4) is 0 Å². The molecule has 0 saturated heterocycles. The van der Waals surface area contributed by atoms with Gasteiger partial charge in [0.05, 0.1) is 18.4 Å². The minimum absolute atomic E-state index is 0.0279. The van der Waals surface area contributed by atoms with Crippen LogP contribution in [0.1, 0.15) is 49.7 Å². The molecule has 2 aromatic heterocycles. The van der Waals surface area contributed by atoms with E-state index in [1.54, 1.807) is 45.0 Å². The summed E-state index contributed by atoms with van der Waals surface area (Å²) in [6.45, 7) is 5.70. The first-order chi connectivity index (χ1) is 17.5. The lowest BCUT2D eigenvalue weighted by molar-refractivity contribution is -0.122. The molecule has 0 bridgehead atoms. The highest BCUT2D eigenvalue weighted by Crippen LogP contribution is 2.12. The van der Waals surface area contributed by atoms with Crippen LogP contribution < -0.4 is 32.8 Å². The highest BCUT2D eigenvalue weighted by atomic mass is 16.6. The predicted octanol–water partition coefficient (Wildman–Crippen LogP) is 0.973. The van der Waals surface area contributed by atoms with Gasteiger partial charge in [0.15, 0.2) is 11.2 Å². The largest absolute Gasteiger partial charge is 0.443 e. The first-order valence-electron chi connectivity index (χ1n) is 11.4. The van der Waals surface area contributed by atoms with Crippen molar-refractivity contribution in [2.45, 2.75) is 45.8 Å². The van der Waals surface area contributed by atoms with Crippen molar-refractivity contribution in [3.05, 3.63) is 52.1 Å². The van der Waals surface area contributed by atoms with E-state index in [2.05, 4.69) is 41.4 Å². The summed E-state index contributed by atoms with van der Waals surface area (Å²) in [5, 5.41) is 5.88. The van der Waals surface area contributed by atoms with Crippen LogP contribution in [0.25, 0.3) is 11.2 Å². The molecule has 196 valence electrons. The first-order valence-corrected chi connectivity index (χ1v) is 11.4. The third kappa shape index (κ3) is 8.45. The van der Waals surface area contributed by atoms with Crippen molar-refractivity contribution in [3.63, 3.8) is 0 Å². The van der Waals surface area contributed by atoms with Gasteiger partial charge in [-0.1, -0.05) is 0 Å². The van der Waals surface area contributed by atoms with Gasteiger partial charge in [-0.3, -0.25) is 24.8 Å². The third-order valence-electron chi connectivity index (χ3n) is 4.68. The Morgan fingerprint density at radius 3 is 2.51 bits per heavy atom. The SMILES string of the molecule is CC(C)(C)OC(=O)NNC(=O)CCCNC(=O)c1ccc(NCc2cnc3nc(N)[nH]c(=O)c3n2)cc1. The van der Waals surface area contributed by atoms with Gasteiger partial charge in [0, 0.05) is 24.2 Å². The van der Waals surface area contributed by atoms with E-state index in [0.717, 1.165) is 5.69 Å². The Hall–Kier alpha value is -4.75. The normalized spacial score (nSPS) is 11.0. The van der Waals surface area contributed by atoms with Gasteiger partial charge in [-0.15, -0.1) is 0 Å². The number of amides is 3. The molecule has 0 fully saturated rings. The van der Waals surface area contributed by atoms with Crippen LogP contribution in [0.5, 0.6) is 0 Å². The number of H-pyrrole nitrogens is 1. The van der Waals surface area contributed by atoms with Crippen molar-refractivity contribution in [1.82, 2.24) is 36.1 Å². The zero-order valence-corrected chi connectivity index (χ0v) is 20.7. The molecule has 3 aromatic rings. The maximum absolute atomic E-state index is 12.3. The summed E-state index contributed by atoms with van der Waals surface area (Å²) in [4.78, 5) is 62.3. The number of aromatic amines is 1. The van der Waals surface area contributed by atoms with E-state index < -0.39 is 23.2 Å². The molecule has 0 aliphatic carbocycles. The minimum Gasteiger partial charge on any atom is -0.443 e. The average molecular weight is 512 g/mol. The lowest BCUT2D eigenvalue weighted by Crippen LogP contribution is -2.44. The van der Waals surface area contributed by atoms with E-state index in [1.807, 2.05) is 0 Å². The fourth-order valence-electron chi connectivity index (χ4n) is 3.03. The molecule has 0 radical (unpaired) electrons. The first kappa shape index (κ1) is 26.8. The smallest absolute Gasteiger partial charge is 0.426 e. The zero-order chi connectivity index (χ0) is 27.0. The fraction of sp³-hybridized carbons (Fsp3) is 0.348. The summed E-state index contributed by atoms with van der Waals surface area (Å²) in [5.74, 6) is -0.721. The number of nitrogens with two attached hydrogens (primary N) is 1. The van der Waals surface area contributed by atoms with Gasteiger partial charge >= 0.3 is 6.09 Å². The third-order valence-corrected chi connectivity index (χ3v) is 4.68. The zero-order valence-electron chi connectivity index (χ0n) is 20.7. The summed E-state index contributed by atoms with van der Waals surface area (Å²) < 4.78 is 5.01. The van der Waals surface area contributed by atoms with Crippen molar-refractivity contribution in [1.29, 1.82) is 0 Å². The molecule has 3 rings (SSSR count). The molecule has 14 nitrogen and oxygen atoms in total. The Morgan fingerprint density at radius 1 is 1.08 bits per heavy atom. The number of anilines is 2. The highest BCUT2D eigenvalue weighted by molar-refractivity contribution is 5.94. The van der Waals surface area contributed by atoms with Gasteiger partial charge in [-0.25, -0.2) is 20.2 Å². The number of hydrazine groups is 1. The van der Waals surface area contributed by atoms with E-state index >= 15 is 0 Å². The lowest BCUT2D eigenvalue weighted by atomic mass is 10.2. The van der Waals surface area contributed by atoms with Crippen LogP contribution in [-0.2, 0) is 16.1 Å². The van der Waals surface area contributed by atoms with Gasteiger partial charge in [0.25, 0.3) is 11.5 Å². The average Bonchev–Trinajstić information content (AvgIpc) is 2.83. The maximum atomic E-state index is 12.3. The monoisotopic (exact) mass is 511 g/mol. The van der Waals surface area contributed by atoms with Crippen LogP contribution >= 0.6 is 0 Å². The molecule has 0 aliphatic heterocycles. The number of carbonyl (C=O) groups excluding carboxylic acids is 3. The molecular weight excluding hydrogens is 482 g/mol. The van der Waals surface area contributed by atoms with Crippen LogP contribution in [-0.4, -0.2) is 50.0 Å². The van der Waals surface area contributed by atoms with Crippen LogP contribution in [0.15, 0.2) is 35.3 Å². The molecule has 0 atom stereocenters. The number of nitrogens with one attached hydrogen (secondary N) is 5. The summed E-state index contributed by atoms with van der Waals surface area (Å²) >= 11 is 0. The Labute approximate surface area is 211 Å². The number of nitrogen functional groups attached to an aromatic ring is 1. The van der Waals surface area contributed by atoms with Crippen molar-refractivity contribution < 1.29 is 19.1 Å². The lowest BCUT2D eigenvalue weighted by Gasteiger charge is -2.19. The molecule has 14 heteroatoms. The summed E-state index contributed by atoms with van der Waals surface area (Å²) in [6, 6.07) is 6.76. The van der Waals surface area contributed by atoms with Crippen molar-refractivity contribution in [2.24, 2.45) is 0 Å². The summed E-state index contributed by atoms with van der Waals surface area (Å²) in [5.41, 5.74) is 10.8. The molecular formula is C23H29N9O5. The molecule has 0 saturated carbocycles. The number of aromatic nitrogens is 4. The number of carbonyl (C=O) groups is 3. The number of benzene rings is 1. The number of ether oxygens (including phenoxy) is 1. The van der Waals surface area contributed by atoms with Gasteiger partial charge in [0.2, 0.25) is 11.9 Å². The Bertz CT molecular complexity index is 1330. The number of fused-ring (bicyclic) bond motifs is 1. The summed E-state index contributed by atoms with van der Waals surface area (Å²) in [7, 11) is 0. The van der Waals surface area contributed by atoms with Gasteiger partial charge in [0.1, 0.15) is 5.60 Å². The van der Waals surface area contributed by atoms with Crippen LogP contribution in [0.3, 0.4) is 0 Å². The Morgan fingerprint density at radius 2 is 1.81 bits per heavy atom. The van der Waals surface area contributed by atoms with Gasteiger partial charge in [-0.2, -0.15) is 4.98 Å². The summed E-state index contributed by atoms with van der Waals surface area (Å²) in [6.07, 6.45) is 1.23. The van der Waals surface area contributed by atoms with E-state index in [9.17, 15) is 19.2 Å². The van der Waals surface area contributed by atoms with Crippen LogP contribution in [0, 0.1) is 0 Å². The molecule has 1 aromatic carbocycles. The molecule has 3 amide bonds. The van der Waals surface area contributed by atoms with Gasteiger partial charge < -0.3 is 21.1 Å². The van der Waals surface area contributed by atoms with E-state index in [4.69, 9.17) is 10.5 Å². The molecule has 37 heavy (non-hydrogen) atoms. The molecule has 0 unspecified atom stereocenters. The van der Waals surface area contributed by atoms with Crippen LogP contribution in [0.2, 0.25) is 0 Å². The molecule has 2 heterocycles. The molecule has 0 aliphatic rings. The molecule has 0 spiro atoms. The Kier molecular flexibility index (Phi) is 8.55. The second kappa shape index (κ2) is 11.8. The molecule has 7 N–H and O–H groups in total. The van der Waals surface area contributed by atoms with Crippen LogP contribution in [0.4, 0.5) is 16.4 Å². The minimum atomic E-state index is -0.754. The maximum Gasteiger partial charge on any atom is 0.426 e. The highest BCUT2D eigenvalue weighted by Gasteiger charge is 2.16. The number of rotatable bonds is 8. The topological polar surface area (TPSA) is 206 Å². The van der Waals surface area contributed by atoms with E-state index in [1.165, 1.54) is 6.20 Å². The standard InChI is InChI=1S/C23H29N9O5/c1-23(2,3)37-22(36)32-31-16(33)5-4-10-25-19(34)13-6-8-14(9-7-13)26-11-15-12-27-18-17(28-15)20(35)30-21(24)29-18/h6-9,12,26H,4-5,10-11H2,1-3H3,(H,25,34)(H,31,33)(H,32,36)(H3,24,27,29,30,35). The second-order valence-electron chi connectivity index (χ2n) is 8.95. The van der Waals surface area contributed by atoms with E-state index in [0.29, 0.717) is 24.2 Å². The quantitative estimate of drug-likeness (QED) is 0.187. The second-order valence-corrected chi connectivity index (χ2v) is 8.95. The predicted molar refractivity (Wildman–Crippen MR) is 135 cm³/mol. The number of hydrogen-bond acceptors (Lipinski definition) is 10. The van der Waals surface area contributed by atoms with E-state index in [-0.39, 0.29) is 36.0 Å². The number of hydrogen-bond donors (Lipinski definition) is 6. The fourth-order valence-corrected chi connectivity index (χ4v) is 3.03. The number of nitrogens with zero attached hydrogens (tertiary/aromatic N) is 3.